The quantitative estimate of drug-likeness (QED) is 0.475. The first-order chi connectivity index (χ1) is 16.9. The average molecular weight is 478 g/mol. The van der Waals surface area contributed by atoms with Gasteiger partial charge in [-0.05, 0) is 54.4 Å². The van der Waals surface area contributed by atoms with Crippen molar-refractivity contribution in [2.75, 3.05) is 20.3 Å². The van der Waals surface area contributed by atoms with E-state index in [1.54, 1.807) is 32.4 Å². The van der Waals surface area contributed by atoms with Crippen LogP contribution in [0.25, 0.3) is 22.2 Å². The molecule has 0 amide bonds. The number of ether oxygens (including phenoxy) is 3. The summed E-state index contributed by atoms with van der Waals surface area (Å²) in [4.78, 5) is 26.4. The number of methoxy groups -OCH3 is 1. The fourth-order valence-corrected chi connectivity index (χ4v) is 4.85. The summed E-state index contributed by atoms with van der Waals surface area (Å²) in [6.45, 7) is 3.15. The minimum absolute atomic E-state index is 0.0341. The van der Waals surface area contributed by atoms with Crippen LogP contribution in [0, 0.1) is 0 Å². The summed E-state index contributed by atoms with van der Waals surface area (Å²) >= 11 is 0. The number of rotatable bonds is 5. The fraction of sp³-hybridized carbons (Fsp3) is 0.308. The molecule has 5 rings (SSSR count). The molecule has 1 aliphatic rings. The van der Waals surface area contributed by atoms with Crippen LogP contribution in [0.1, 0.15) is 24.3 Å². The molecule has 4 aromatic rings. The number of fused-ring (bicyclic) bond motifs is 3. The molecule has 2 aromatic heterocycles. The summed E-state index contributed by atoms with van der Waals surface area (Å²) in [5.74, 6) is 1.09. The maximum absolute atomic E-state index is 13.5. The molecule has 0 saturated carbocycles. The Bertz CT molecular complexity index is 1550. The van der Waals surface area contributed by atoms with Crippen molar-refractivity contribution in [3.8, 4) is 28.5 Å². The average Bonchev–Trinajstić information content (AvgIpc) is 3.23. The number of aromatic hydroxyl groups is 1. The van der Waals surface area contributed by atoms with Gasteiger partial charge in [-0.25, -0.2) is 4.79 Å². The normalized spacial score (nSPS) is 15.3. The Kier molecular flexibility index (Phi) is 5.64. The molecule has 2 aromatic carbocycles. The predicted molar refractivity (Wildman–Crippen MR) is 131 cm³/mol. The van der Waals surface area contributed by atoms with Gasteiger partial charge in [0.15, 0.2) is 11.5 Å². The second-order valence-electron chi connectivity index (χ2n) is 8.45. The van der Waals surface area contributed by atoms with Crippen molar-refractivity contribution in [1.82, 2.24) is 13.7 Å². The number of aryl methyl sites for hydroxylation is 1. The third-order valence-corrected chi connectivity index (χ3v) is 6.50. The van der Waals surface area contributed by atoms with Gasteiger partial charge in [0.1, 0.15) is 11.9 Å². The Morgan fingerprint density at radius 3 is 2.51 bits per heavy atom. The van der Waals surface area contributed by atoms with Crippen LogP contribution in [0.3, 0.4) is 0 Å². The van der Waals surface area contributed by atoms with Gasteiger partial charge in [0.25, 0.3) is 5.56 Å². The van der Waals surface area contributed by atoms with Crippen molar-refractivity contribution >= 4 is 10.9 Å². The van der Waals surface area contributed by atoms with E-state index in [0.717, 1.165) is 21.4 Å². The first kappa shape index (κ1) is 22.8. The molecule has 0 fully saturated rings. The fourth-order valence-electron chi connectivity index (χ4n) is 4.85. The van der Waals surface area contributed by atoms with Crippen LogP contribution in [0.4, 0.5) is 0 Å². The third kappa shape index (κ3) is 3.50. The first-order valence-electron chi connectivity index (χ1n) is 11.4. The van der Waals surface area contributed by atoms with Gasteiger partial charge in [-0.2, -0.15) is 0 Å². The van der Waals surface area contributed by atoms with Crippen molar-refractivity contribution in [3.05, 3.63) is 74.6 Å². The summed E-state index contributed by atoms with van der Waals surface area (Å²) in [5, 5.41) is 10.7. The molecule has 9 heteroatoms. The van der Waals surface area contributed by atoms with E-state index < -0.39 is 11.8 Å². The summed E-state index contributed by atoms with van der Waals surface area (Å²) in [6.07, 6.45) is -0.573. The topological polar surface area (TPSA) is 96.9 Å². The molecule has 35 heavy (non-hydrogen) atoms. The number of aromatic nitrogens is 3. The molecule has 0 bridgehead atoms. The summed E-state index contributed by atoms with van der Waals surface area (Å²) in [5.41, 5.74) is 2.77. The van der Waals surface area contributed by atoms with Gasteiger partial charge in [-0.3, -0.25) is 13.9 Å². The SMILES string of the molecule is CCOc1cc([C@@H]2OCCn3c(-c4ccc(OC)cc4)c4c(=O)n(C)c(=O)n(C)c4c32)ccc1O. The van der Waals surface area contributed by atoms with Gasteiger partial charge < -0.3 is 23.9 Å². The van der Waals surface area contributed by atoms with Crippen molar-refractivity contribution in [1.29, 1.82) is 0 Å². The largest absolute Gasteiger partial charge is 0.504 e. The van der Waals surface area contributed by atoms with Gasteiger partial charge in [0.2, 0.25) is 0 Å². The van der Waals surface area contributed by atoms with E-state index in [2.05, 4.69) is 4.57 Å². The standard InChI is InChI=1S/C26H27N3O6/c1-5-34-19-14-16(8-11-18(19)30)24-23-22-20(25(31)28(3)26(32)27(22)2)21(29(23)12-13-35-24)15-6-9-17(33-4)10-7-15/h6-11,14,24,30H,5,12-13H2,1-4H3/t24-/m0/s1. The van der Waals surface area contributed by atoms with Gasteiger partial charge >= 0.3 is 5.69 Å². The van der Waals surface area contributed by atoms with Crippen LogP contribution in [0.15, 0.2) is 52.1 Å². The summed E-state index contributed by atoms with van der Waals surface area (Å²) in [6, 6.07) is 12.6. The van der Waals surface area contributed by atoms with Crippen molar-refractivity contribution in [2.45, 2.75) is 19.6 Å². The Labute approximate surface area is 201 Å². The monoisotopic (exact) mass is 477 g/mol. The molecule has 0 aliphatic carbocycles. The number of phenolic OH excluding ortho intramolecular Hbond substituents is 1. The molecule has 1 N–H and O–H groups in total. The zero-order chi connectivity index (χ0) is 24.9. The van der Waals surface area contributed by atoms with Gasteiger partial charge in [0, 0.05) is 20.6 Å². The summed E-state index contributed by atoms with van der Waals surface area (Å²) < 4.78 is 21.8. The highest BCUT2D eigenvalue weighted by Gasteiger charge is 2.33. The smallest absolute Gasteiger partial charge is 0.331 e. The first-order valence-corrected chi connectivity index (χ1v) is 11.4. The second kappa shape index (κ2) is 8.66. The molecular formula is C26H27N3O6. The highest BCUT2D eigenvalue weighted by Crippen LogP contribution is 2.42. The maximum Gasteiger partial charge on any atom is 0.331 e. The van der Waals surface area contributed by atoms with E-state index in [4.69, 9.17) is 14.2 Å². The molecule has 1 atom stereocenters. The molecule has 9 nitrogen and oxygen atoms in total. The minimum atomic E-state index is -0.573. The highest BCUT2D eigenvalue weighted by atomic mass is 16.5. The van der Waals surface area contributed by atoms with E-state index >= 15 is 0 Å². The van der Waals surface area contributed by atoms with Crippen LogP contribution in [-0.2, 0) is 25.4 Å². The van der Waals surface area contributed by atoms with E-state index in [-0.39, 0.29) is 11.3 Å². The molecule has 0 radical (unpaired) electrons. The lowest BCUT2D eigenvalue weighted by molar-refractivity contribution is 0.0477. The zero-order valence-corrected chi connectivity index (χ0v) is 20.1. The number of hydrogen-bond donors (Lipinski definition) is 1. The summed E-state index contributed by atoms with van der Waals surface area (Å²) in [7, 11) is 4.75. The van der Waals surface area contributed by atoms with Crippen molar-refractivity contribution in [3.63, 3.8) is 0 Å². The lowest BCUT2D eigenvalue weighted by atomic mass is 10.0. The van der Waals surface area contributed by atoms with Crippen molar-refractivity contribution < 1.29 is 19.3 Å². The molecule has 3 heterocycles. The molecule has 0 spiro atoms. The zero-order valence-electron chi connectivity index (χ0n) is 20.1. The van der Waals surface area contributed by atoms with Crippen LogP contribution in [0.2, 0.25) is 0 Å². The Morgan fingerprint density at radius 1 is 1.09 bits per heavy atom. The van der Waals surface area contributed by atoms with E-state index in [1.165, 1.54) is 11.6 Å². The van der Waals surface area contributed by atoms with E-state index in [9.17, 15) is 14.7 Å². The third-order valence-electron chi connectivity index (χ3n) is 6.50. The molecule has 1 aliphatic heterocycles. The molecule has 0 unspecified atom stereocenters. The number of phenols is 1. The Balaban J connectivity index is 1.85. The Hall–Kier alpha value is -3.98. The highest BCUT2D eigenvalue weighted by molar-refractivity contribution is 5.96. The van der Waals surface area contributed by atoms with Gasteiger partial charge in [0.05, 0.1) is 42.6 Å². The van der Waals surface area contributed by atoms with Crippen LogP contribution >= 0.6 is 0 Å². The van der Waals surface area contributed by atoms with Gasteiger partial charge in [-0.1, -0.05) is 6.07 Å². The van der Waals surface area contributed by atoms with E-state index in [1.807, 2.05) is 31.2 Å². The van der Waals surface area contributed by atoms with E-state index in [0.29, 0.717) is 47.9 Å². The number of benzene rings is 2. The Morgan fingerprint density at radius 2 is 1.83 bits per heavy atom. The van der Waals surface area contributed by atoms with Gasteiger partial charge in [-0.15, -0.1) is 0 Å². The second-order valence-corrected chi connectivity index (χ2v) is 8.45. The van der Waals surface area contributed by atoms with Crippen LogP contribution in [0.5, 0.6) is 17.2 Å². The molecule has 0 saturated heterocycles. The molecule has 182 valence electrons. The van der Waals surface area contributed by atoms with Crippen LogP contribution in [-0.4, -0.2) is 39.1 Å². The molecular weight excluding hydrogens is 450 g/mol. The lowest BCUT2D eigenvalue weighted by Gasteiger charge is -2.28. The van der Waals surface area contributed by atoms with Crippen molar-refractivity contribution in [2.24, 2.45) is 14.1 Å². The maximum atomic E-state index is 13.5. The predicted octanol–water partition coefficient (Wildman–Crippen LogP) is 2.94. The minimum Gasteiger partial charge on any atom is -0.504 e. The lowest BCUT2D eigenvalue weighted by Crippen LogP contribution is -2.37. The number of hydrogen-bond acceptors (Lipinski definition) is 6. The number of nitrogens with zero attached hydrogens (tertiary/aromatic N) is 3. The van der Waals surface area contributed by atoms with Crippen LogP contribution < -0.4 is 20.7 Å².